The van der Waals surface area contributed by atoms with Crippen LogP contribution in [0, 0.1) is 0 Å². The summed E-state index contributed by atoms with van der Waals surface area (Å²) >= 11 is 0. The van der Waals surface area contributed by atoms with Crippen molar-refractivity contribution >= 4 is 12.0 Å². The van der Waals surface area contributed by atoms with Crippen molar-refractivity contribution in [1.29, 1.82) is 0 Å². The molecule has 74 valence electrons. The van der Waals surface area contributed by atoms with E-state index in [2.05, 4.69) is 6.58 Å². The van der Waals surface area contributed by atoms with Crippen molar-refractivity contribution in [3.63, 3.8) is 0 Å². The summed E-state index contributed by atoms with van der Waals surface area (Å²) in [6, 6.07) is 0. The fraction of sp³-hybridized carbons (Fsp3) is 0.500. The molecule has 0 heterocycles. The number of hydrogen-bond donors (Lipinski definition) is 1. The van der Waals surface area contributed by atoms with Gasteiger partial charge in [-0.15, -0.1) is 0 Å². The predicted octanol–water partition coefficient (Wildman–Crippen LogP) is 0.810. The van der Waals surface area contributed by atoms with Crippen LogP contribution in [-0.2, 0) is 9.53 Å². The summed E-state index contributed by atoms with van der Waals surface area (Å²) in [5.41, 5.74) is -0.670. The lowest BCUT2D eigenvalue weighted by Gasteiger charge is -2.22. The predicted molar refractivity (Wildman–Crippen MR) is 47.5 cm³/mol. The van der Waals surface area contributed by atoms with Crippen LogP contribution in [-0.4, -0.2) is 22.6 Å². The number of imide groups is 1. The molecule has 0 spiro atoms. The van der Waals surface area contributed by atoms with Gasteiger partial charge in [0.2, 0.25) is 0 Å². The Kier molecular flexibility index (Phi) is 3.62. The van der Waals surface area contributed by atoms with E-state index in [1.165, 1.54) is 0 Å². The fourth-order valence-corrected chi connectivity index (χ4v) is 0.499. The van der Waals surface area contributed by atoms with Crippen molar-refractivity contribution in [3.05, 3.63) is 12.7 Å². The van der Waals surface area contributed by atoms with Crippen molar-refractivity contribution in [1.82, 2.24) is 5.01 Å². The second-order valence-electron chi connectivity index (χ2n) is 3.39. The van der Waals surface area contributed by atoms with Crippen molar-refractivity contribution in [3.8, 4) is 0 Å². The highest BCUT2D eigenvalue weighted by Gasteiger charge is 2.22. The van der Waals surface area contributed by atoms with Gasteiger partial charge in [-0.1, -0.05) is 6.58 Å². The molecule has 0 radical (unpaired) electrons. The average molecular weight is 186 g/mol. The molecule has 5 nitrogen and oxygen atoms in total. The molecule has 2 amide bonds. The summed E-state index contributed by atoms with van der Waals surface area (Å²) in [5.74, 6) is 4.42. The molecule has 0 fully saturated rings. The molecule has 0 aliphatic carbocycles. The monoisotopic (exact) mass is 186 g/mol. The number of hydrazine groups is 1. The van der Waals surface area contributed by atoms with Crippen LogP contribution in [0.4, 0.5) is 4.79 Å². The van der Waals surface area contributed by atoms with Gasteiger partial charge in [-0.2, -0.15) is 5.01 Å². The van der Waals surface area contributed by atoms with E-state index in [9.17, 15) is 9.59 Å². The van der Waals surface area contributed by atoms with Gasteiger partial charge in [-0.3, -0.25) is 4.79 Å². The Bertz CT molecular complexity index is 230. The highest BCUT2D eigenvalue weighted by atomic mass is 16.6. The summed E-state index contributed by atoms with van der Waals surface area (Å²) in [4.78, 5) is 21.9. The number of rotatable bonds is 1. The van der Waals surface area contributed by atoms with E-state index in [0.29, 0.717) is 5.01 Å². The Hall–Kier alpha value is -1.36. The quantitative estimate of drug-likeness (QED) is 0.284. The van der Waals surface area contributed by atoms with E-state index in [-0.39, 0.29) is 0 Å². The van der Waals surface area contributed by atoms with Crippen LogP contribution in [0.5, 0.6) is 0 Å². The number of nitrogens with zero attached hydrogens (tertiary/aromatic N) is 1. The minimum absolute atomic E-state index is 0.373. The molecule has 0 aliphatic heterocycles. The van der Waals surface area contributed by atoms with Crippen molar-refractivity contribution in [2.75, 3.05) is 0 Å². The van der Waals surface area contributed by atoms with E-state index in [4.69, 9.17) is 10.6 Å². The van der Waals surface area contributed by atoms with E-state index < -0.39 is 17.6 Å². The Morgan fingerprint density at radius 2 is 1.92 bits per heavy atom. The summed E-state index contributed by atoms with van der Waals surface area (Å²) in [6.07, 6.45) is 0.0431. The number of nitrogens with two attached hydrogens (primary N) is 1. The number of amides is 2. The van der Waals surface area contributed by atoms with E-state index >= 15 is 0 Å². The molecule has 2 N–H and O–H groups in total. The molecule has 0 saturated carbocycles. The number of carbonyl (C=O) groups is 2. The van der Waals surface area contributed by atoms with Crippen LogP contribution in [0.1, 0.15) is 20.8 Å². The lowest BCUT2D eigenvalue weighted by Crippen LogP contribution is -2.44. The first kappa shape index (κ1) is 11.6. The van der Waals surface area contributed by atoms with Crippen LogP contribution in [0.25, 0.3) is 0 Å². The van der Waals surface area contributed by atoms with Gasteiger partial charge in [0.25, 0.3) is 5.91 Å². The first-order valence-corrected chi connectivity index (χ1v) is 3.72. The molecule has 0 atom stereocenters. The first-order chi connectivity index (χ1) is 5.78. The lowest BCUT2D eigenvalue weighted by atomic mass is 10.2. The number of ether oxygens (including phenoxy) is 1. The molecule has 0 unspecified atom stereocenters. The lowest BCUT2D eigenvalue weighted by molar-refractivity contribution is -0.125. The SMILES string of the molecule is C=CC(=O)N(N)C(=O)OC(C)(C)C. The number of carbonyl (C=O) groups excluding carboxylic acids is 2. The zero-order chi connectivity index (χ0) is 10.6. The van der Waals surface area contributed by atoms with Crippen LogP contribution in [0.2, 0.25) is 0 Å². The average Bonchev–Trinajstić information content (AvgIpc) is 1.98. The van der Waals surface area contributed by atoms with Gasteiger partial charge in [0.15, 0.2) is 0 Å². The van der Waals surface area contributed by atoms with Gasteiger partial charge in [-0.25, -0.2) is 10.6 Å². The maximum absolute atomic E-state index is 11.1. The van der Waals surface area contributed by atoms with Gasteiger partial charge < -0.3 is 4.74 Å². The van der Waals surface area contributed by atoms with Crippen LogP contribution in [0.15, 0.2) is 12.7 Å². The summed E-state index contributed by atoms with van der Waals surface area (Å²) in [7, 11) is 0. The molecule has 0 saturated heterocycles. The third-order valence-corrected chi connectivity index (χ3v) is 1.00. The summed E-state index contributed by atoms with van der Waals surface area (Å²) in [5, 5.41) is 0.373. The molecule has 0 aromatic carbocycles. The molecular weight excluding hydrogens is 172 g/mol. The van der Waals surface area contributed by atoms with Crippen LogP contribution < -0.4 is 5.84 Å². The van der Waals surface area contributed by atoms with Crippen LogP contribution in [0.3, 0.4) is 0 Å². The van der Waals surface area contributed by atoms with Crippen molar-refractivity contribution < 1.29 is 14.3 Å². The molecule has 0 aliphatic rings. The topological polar surface area (TPSA) is 72.6 Å². The molecular formula is C8H14N2O3. The van der Waals surface area contributed by atoms with Crippen molar-refractivity contribution in [2.45, 2.75) is 26.4 Å². The Morgan fingerprint density at radius 3 is 2.23 bits per heavy atom. The zero-order valence-corrected chi connectivity index (χ0v) is 8.03. The molecule has 5 heteroatoms. The van der Waals surface area contributed by atoms with E-state index in [1.807, 2.05) is 0 Å². The maximum Gasteiger partial charge on any atom is 0.432 e. The third-order valence-electron chi connectivity index (χ3n) is 1.00. The van der Waals surface area contributed by atoms with Gasteiger partial charge in [0.1, 0.15) is 5.60 Å². The first-order valence-electron chi connectivity index (χ1n) is 3.72. The smallest absolute Gasteiger partial charge is 0.432 e. The fourth-order valence-electron chi connectivity index (χ4n) is 0.499. The number of hydrogen-bond acceptors (Lipinski definition) is 4. The Balaban J connectivity index is 4.28. The summed E-state index contributed by atoms with van der Waals surface area (Å²) < 4.78 is 4.82. The normalized spacial score (nSPS) is 10.5. The minimum Gasteiger partial charge on any atom is -0.442 e. The highest BCUT2D eigenvalue weighted by molar-refractivity contribution is 5.97. The largest absolute Gasteiger partial charge is 0.442 e. The second-order valence-corrected chi connectivity index (χ2v) is 3.39. The van der Waals surface area contributed by atoms with Gasteiger partial charge in [0, 0.05) is 0 Å². The highest BCUT2D eigenvalue weighted by Crippen LogP contribution is 2.08. The Labute approximate surface area is 77.1 Å². The van der Waals surface area contributed by atoms with E-state index in [0.717, 1.165) is 6.08 Å². The maximum atomic E-state index is 11.1. The van der Waals surface area contributed by atoms with Crippen LogP contribution >= 0.6 is 0 Å². The minimum atomic E-state index is -0.891. The molecule has 0 aromatic heterocycles. The molecule has 0 rings (SSSR count). The van der Waals surface area contributed by atoms with E-state index in [1.54, 1.807) is 20.8 Å². The van der Waals surface area contributed by atoms with Gasteiger partial charge >= 0.3 is 6.09 Å². The molecule has 0 aromatic rings. The van der Waals surface area contributed by atoms with Gasteiger partial charge in [-0.05, 0) is 26.8 Å². The summed E-state index contributed by atoms with van der Waals surface area (Å²) in [6.45, 7) is 8.21. The zero-order valence-electron chi connectivity index (χ0n) is 8.03. The second kappa shape index (κ2) is 4.04. The third kappa shape index (κ3) is 4.27. The van der Waals surface area contributed by atoms with Crippen molar-refractivity contribution in [2.24, 2.45) is 5.84 Å². The van der Waals surface area contributed by atoms with Gasteiger partial charge in [0.05, 0.1) is 0 Å². The Morgan fingerprint density at radius 1 is 1.46 bits per heavy atom. The molecule has 0 bridgehead atoms. The standard InChI is InChI=1S/C8H14N2O3/c1-5-6(11)10(9)7(12)13-8(2,3)4/h5H,1,9H2,2-4H3. The molecule has 13 heavy (non-hydrogen) atoms.